The van der Waals surface area contributed by atoms with Crippen LogP contribution in [0.1, 0.15) is 31.7 Å². The van der Waals surface area contributed by atoms with Crippen LogP contribution < -0.4 is 16.0 Å². The molecule has 1 aromatic rings. The van der Waals surface area contributed by atoms with Gasteiger partial charge < -0.3 is 16.0 Å². The third kappa shape index (κ3) is 5.12. The molecule has 3 rings (SSSR count). The average molecular weight is 485 g/mol. The number of rotatable bonds is 7. The van der Waals surface area contributed by atoms with Crippen molar-refractivity contribution in [2.24, 2.45) is 4.99 Å². The Hall–Kier alpha value is -1.84. The predicted octanol–water partition coefficient (Wildman–Crippen LogP) is 1.83. The molecule has 0 aromatic heterocycles. The molecule has 0 atom stereocenters. The van der Waals surface area contributed by atoms with Crippen molar-refractivity contribution in [3.05, 3.63) is 35.9 Å². The summed E-state index contributed by atoms with van der Waals surface area (Å²) >= 11 is 0. The van der Waals surface area contributed by atoms with Gasteiger partial charge in [-0.05, 0) is 25.3 Å². The van der Waals surface area contributed by atoms with E-state index in [0.717, 1.165) is 31.9 Å². The van der Waals surface area contributed by atoms with Gasteiger partial charge in [-0.25, -0.2) is 4.79 Å². The van der Waals surface area contributed by atoms with Gasteiger partial charge in [-0.1, -0.05) is 36.8 Å². The van der Waals surface area contributed by atoms with E-state index in [-0.39, 0.29) is 47.9 Å². The van der Waals surface area contributed by atoms with Crippen LogP contribution >= 0.6 is 24.0 Å². The van der Waals surface area contributed by atoms with Crippen LogP contribution in [-0.2, 0) is 10.2 Å². The first kappa shape index (κ1) is 21.5. The van der Waals surface area contributed by atoms with E-state index < -0.39 is 0 Å². The highest BCUT2D eigenvalue weighted by Gasteiger charge is 2.38. The quantitative estimate of drug-likeness (QED) is 0.238. The Morgan fingerprint density at radius 1 is 1.22 bits per heavy atom. The fourth-order valence-corrected chi connectivity index (χ4v) is 3.47. The normalized spacial score (nSPS) is 18.4. The Labute approximate surface area is 177 Å². The molecule has 148 valence electrons. The van der Waals surface area contributed by atoms with Gasteiger partial charge in [0, 0.05) is 25.0 Å². The molecular weight excluding hydrogens is 457 g/mol. The molecule has 2 fully saturated rings. The lowest BCUT2D eigenvalue weighted by Crippen LogP contribution is -2.44. The summed E-state index contributed by atoms with van der Waals surface area (Å²) in [6.45, 7) is 4.41. The minimum Gasteiger partial charge on any atom is -0.357 e. The minimum atomic E-state index is -0.323. The SMILES string of the molecule is CCNC(=NCC1(c2ccccc2)CCC1)NCCN1C(=O)CNC1=O.I. The molecule has 0 spiro atoms. The smallest absolute Gasteiger partial charge is 0.324 e. The number of nitrogens with one attached hydrogen (secondary N) is 3. The standard InChI is InChI=1S/C19H27N5O2.HI/c1-2-20-17(21-11-12-24-16(25)13-22-18(24)26)23-14-19(9-6-10-19)15-7-4-3-5-8-15;/h3-5,7-8H,2,6,9-14H2,1H3,(H,22,26)(H2,20,21,23);1H. The van der Waals surface area contributed by atoms with Crippen molar-refractivity contribution in [3.63, 3.8) is 0 Å². The van der Waals surface area contributed by atoms with E-state index in [2.05, 4.69) is 40.2 Å². The number of guanidine groups is 1. The van der Waals surface area contributed by atoms with E-state index in [4.69, 9.17) is 4.99 Å². The first-order valence-electron chi connectivity index (χ1n) is 9.30. The number of halogens is 1. The van der Waals surface area contributed by atoms with Crippen LogP contribution in [0, 0.1) is 0 Å². The van der Waals surface area contributed by atoms with Gasteiger partial charge in [-0.3, -0.25) is 14.7 Å². The molecule has 3 N–H and O–H groups in total. The maximum absolute atomic E-state index is 11.6. The van der Waals surface area contributed by atoms with Crippen LogP contribution in [0.2, 0.25) is 0 Å². The highest BCUT2D eigenvalue weighted by atomic mass is 127. The average Bonchev–Trinajstić information content (AvgIpc) is 2.93. The van der Waals surface area contributed by atoms with Crippen LogP contribution in [0.4, 0.5) is 4.79 Å². The molecule has 7 nitrogen and oxygen atoms in total. The topological polar surface area (TPSA) is 85.8 Å². The third-order valence-electron chi connectivity index (χ3n) is 5.15. The molecule has 1 aromatic carbocycles. The summed E-state index contributed by atoms with van der Waals surface area (Å²) in [6, 6.07) is 10.3. The van der Waals surface area contributed by atoms with Crippen LogP contribution in [0.5, 0.6) is 0 Å². The number of hydrogen-bond donors (Lipinski definition) is 3. The third-order valence-corrected chi connectivity index (χ3v) is 5.15. The lowest BCUT2D eigenvalue weighted by molar-refractivity contribution is -0.124. The highest BCUT2D eigenvalue weighted by molar-refractivity contribution is 14.0. The molecule has 1 saturated carbocycles. The van der Waals surface area contributed by atoms with E-state index in [0.29, 0.717) is 13.1 Å². The van der Waals surface area contributed by atoms with Crippen molar-refractivity contribution >= 4 is 41.9 Å². The number of carbonyl (C=O) groups is 2. The molecule has 0 unspecified atom stereocenters. The summed E-state index contributed by atoms with van der Waals surface area (Å²) in [6.07, 6.45) is 3.55. The summed E-state index contributed by atoms with van der Waals surface area (Å²) in [5.41, 5.74) is 1.49. The fourth-order valence-electron chi connectivity index (χ4n) is 3.47. The van der Waals surface area contributed by atoms with Crippen molar-refractivity contribution in [1.29, 1.82) is 0 Å². The van der Waals surface area contributed by atoms with Gasteiger partial charge in [-0.2, -0.15) is 0 Å². The predicted molar refractivity (Wildman–Crippen MR) is 116 cm³/mol. The molecule has 1 aliphatic heterocycles. The van der Waals surface area contributed by atoms with Crippen LogP contribution in [-0.4, -0.2) is 55.5 Å². The molecule has 0 bridgehead atoms. The summed E-state index contributed by atoms with van der Waals surface area (Å²) < 4.78 is 0. The Morgan fingerprint density at radius 3 is 2.52 bits per heavy atom. The van der Waals surface area contributed by atoms with Crippen molar-refractivity contribution < 1.29 is 9.59 Å². The first-order chi connectivity index (χ1) is 12.6. The lowest BCUT2D eigenvalue weighted by Gasteiger charge is -2.41. The fraction of sp³-hybridized carbons (Fsp3) is 0.526. The molecule has 0 radical (unpaired) electrons. The largest absolute Gasteiger partial charge is 0.357 e. The second kappa shape index (κ2) is 9.91. The van der Waals surface area contributed by atoms with E-state index >= 15 is 0 Å². The number of amides is 3. The van der Waals surface area contributed by atoms with Gasteiger partial charge >= 0.3 is 6.03 Å². The summed E-state index contributed by atoms with van der Waals surface area (Å²) in [4.78, 5) is 29.2. The Balaban J connectivity index is 0.00000261. The number of urea groups is 1. The highest BCUT2D eigenvalue weighted by Crippen LogP contribution is 2.43. The zero-order chi connectivity index (χ0) is 18.4. The van der Waals surface area contributed by atoms with E-state index in [1.165, 1.54) is 16.9 Å². The number of benzene rings is 1. The van der Waals surface area contributed by atoms with Gasteiger partial charge in [0.15, 0.2) is 5.96 Å². The van der Waals surface area contributed by atoms with E-state index in [1.807, 2.05) is 13.0 Å². The molecule has 3 amide bonds. The van der Waals surface area contributed by atoms with Crippen LogP contribution in [0.25, 0.3) is 0 Å². The van der Waals surface area contributed by atoms with E-state index in [1.54, 1.807) is 0 Å². The number of imide groups is 1. The molecule has 8 heteroatoms. The lowest BCUT2D eigenvalue weighted by atomic mass is 9.64. The number of aliphatic imine (C=N–C) groups is 1. The van der Waals surface area contributed by atoms with Crippen LogP contribution in [0.15, 0.2) is 35.3 Å². The Morgan fingerprint density at radius 2 is 1.96 bits per heavy atom. The molecular formula is C19H28IN5O2. The molecule has 1 saturated heterocycles. The second-order valence-electron chi connectivity index (χ2n) is 6.83. The summed E-state index contributed by atoms with van der Waals surface area (Å²) in [5.74, 6) is 0.540. The maximum atomic E-state index is 11.6. The molecule has 27 heavy (non-hydrogen) atoms. The minimum absolute atomic E-state index is 0. The maximum Gasteiger partial charge on any atom is 0.324 e. The number of nitrogens with zero attached hydrogens (tertiary/aromatic N) is 2. The monoisotopic (exact) mass is 485 g/mol. The van der Waals surface area contributed by atoms with Crippen LogP contribution in [0.3, 0.4) is 0 Å². The van der Waals surface area contributed by atoms with Gasteiger partial charge in [0.1, 0.15) is 0 Å². The Bertz CT molecular complexity index is 660. The Kier molecular flexibility index (Phi) is 7.88. The summed E-state index contributed by atoms with van der Waals surface area (Å²) in [5, 5.41) is 8.99. The summed E-state index contributed by atoms with van der Waals surface area (Å²) in [7, 11) is 0. The molecule has 1 heterocycles. The van der Waals surface area contributed by atoms with Crippen molar-refractivity contribution in [2.45, 2.75) is 31.6 Å². The molecule has 1 aliphatic carbocycles. The van der Waals surface area contributed by atoms with Gasteiger partial charge in [0.25, 0.3) is 0 Å². The van der Waals surface area contributed by atoms with E-state index in [9.17, 15) is 9.59 Å². The molecule has 2 aliphatic rings. The number of carbonyl (C=O) groups excluding carboxylic acids is 2. The number of hydrogen-bond acceptors (Lipinski definition) is 3. The van der Waals surface area contributed by atoms with Crippen molar-refractivity contribution in [3.8, 4) is 0 Å². The zero-order valence-corrected chi connectivity index (χ0v) is 18.0. The zero-order valence-electron chi connectivity index (χ0n) is 15.7. The van der Waals surface area contributed by atoms with Crippen molar-refractivity contribution in [2.75, 3.05) is 32.7 Å². The second-order valence-corrected chi connectivity index (χ2v) is 6.83. The van der Waals surface area contributed by atoms with Gasteiger partial charge in [0.05, 0.1) is 13.1 Å². The van der Waals surface area contributed by atoms with Gasteiger partial charge in [-0.15, -0.1) is 24.0 Å². The first-order valence-corrected chi connectivity index (χ1v) is 9.30. The van der Waals surface area contributed by atoms with Crippen molar-refractivity contribution in [1.82, 2.24) is 20.9 Å². The van der Waals surface area contributed by atoms with Gasteiger partial charge in [0.2, 0.25) is 5.91 Å².